The number of rotatable bonds is 6. The predicted molar refractivity (Wildman–Crippen MR) is 136 cm³/mol. The predicted octanol–water partition coefficient (Wildman–Crippen LogP) is 4.18. The largest absolute Gasteiger partial charge is 0.478 e. The van der Waals surface area contributed by atoms with Crippen LogP contribution >= 0.6 is 0 Å². The lowest BCUT2D eigenvalue weighted by Crippen LogP contribution is -2.25. The van der Waals surface area contributed by atoms with Gasteiger partial charge in [0.05, 0.1) is 17.0 Å². The number of halogens is 1. The number of aromatic carboxylic acids is 1. The third kappa shape index (κ3) is 4.94. The molecule has 178 valence electrons. The molecule has 0 fully saturated rings. The summed E-state index contributed by atoms with van der Waals surface area (Å²) in [6.45, 7) is 5.79. The van der Waals surface area contributed by atoms with E-state index in [1.54, 1.807) is 25.1 Å². The van der Waals surface area contributed by atoms with Crippen molar-refractivity contribution < 1.29 is 18.7 Å². The van der Waals surface area contributed by atoms with Crippen molar-refractivity contribution in [2.75, 3.05) is 19.4 Å². The summed E-state index contributed by atoms with van der Waals surface area (Å²) in [7, 11) is 3.81. The molecular weight excluding hydrogens is 447 g/mol. The van der Waals surface area contributed by atoms with Gasteiger partial charge < -0.3 is 19.7 Å². The summed E-state index contributed by atoms with van der Waals surface area (Å²) in [6.07, 6.45) is 1.91. The highest BCUT2D eigenvalue weighted by Gasteiger charge is 2.19. The number of benzene rings is 3. The molecule has 6 nitrogen and oxygen atoms in total. The minimum atomic E-state index is -1.09. The van der Waals surface area contributed by atoms with E-state index in [4.69, 9.17) is 4.42 Å². The van der Waals surface area contributed by atoms with E-state index in [1.165, 1.54) is 18.2 Å². The molecule has 1 atom stereocenters. The van der Waals surface area contributed by atoms with Crippen LogP contribution in [-0.2, 0) is 0 Å². The van der Waals surface area contributed by atoms with Crippen LogP contribution in [0.15, 0.2) is 69.9 Å². The van der Waals surface area contributed by atoms with Gasteiger partial charge in [-0.25, -0.2) is 9.18 Å². The molecule has 3 aromatic carbocycles. The second-order valence-corrected chi connectivity index (χ2v) is 8.57. The Labute approximate surface area is 201 Å². The molecule has 0 saturated carbocycles. The number of anilines is 1. The zero-order valence-electron chi connectivity index (χ0n) is 19.6. The Balaban J connectivity index is 1.87. The molecule has 1 unspecified atom stereocenters. The summed E-state index contributed by atoms with van der Waals surface area (Å²) in [5, 5.41) is 14.4. The minimum absolute atomic E-state index is 0.0835. The third-order valence-electron chi connectivity index (χ3n) is 5.65. The first-order valence-electron chi connectivity index (χ1n) is 11.0. The van der Waals surface area contributed by atoms with Crippen molar-refractivity contribution in [3.05, 3.63) is 98.3 Å². The van der Waals surface area contributed by atoms with Gasteiger partial charge in [-0.15, -0.1) is 0 Å². The molecule has 0 amide bonds. The fourth-order valence-electron chi connectivity index (χ4n) is 3.96. The summed E-state index contributed by atoms with van der Waals surface area (Å²) >= 11 is 0. The second kappa shape index (κ2) is 9.46. The lowest BCUT2D eigenvalue weighted by Gasteiger charge is -2.19. The Morgan fingerprint density at radius 1 is 1.14 bits per heavy atom. The van der Waals surface area contributed by atoms with Crippen LogP contribution in [-0.4, -0.2) is 30.1 Å². The number of nitrogens with one attached hydrogen (secondary N) is 1. The molecular formula is C28H25FN2O4. The number of carboxylic acid groups (broad SMARTS) is 1. The Morgan fingerprint density at radius 3 is 2.60 bits per heavy atom. The average molecular weight is 473 g/mol. The first-order chi connectivity index (χ1) is 16.6. The van der Waals surface area contributed by atoms with Crippen molar-refractivity contribution in [1.29, 1.82) is 0 Å². The van der Waals surface area contributed by atoms with Gasteiger partial charge in [-0.3, -0.25) is 4.79 Å². The molecule has 0 bridgehead atoms. The highest BCUT2D eigenvalue weighted by molar-refractivity contribution is 5.94. The highest BCUT2D eigenvalue weighted by Crippen LogP contribution is 2.30. The zero-order chi connectivity index (χ0) is 25.3. The summed E-state index contributed by atoms with van der Waals surface area (Å²) in [5.41, 5.74) is 1.39. The van der Waals surface area contributed by atoms with Crippen molar-refractivity contribution in [2.24, 2.45) is 0 Å². The van der Waals surface area contributed by atoms with E-state index in [2.05, 4.69) is 11.9 Å². The van der Waals surface area contributed by atoms with Crippen molar-refractivity contribution >= 4 is 35.4 Å². The zero-order valence-corrected chi connectivity index (χ0v) is 19.6. The molecule has 2 N–H and O–H groups in total. The fraction of sp³-hybridized carbons (Fsp3) is 0.143. The van der Waals surface area contributed by atoms with Crippen LogP contribution in [0.5, 0.6) is 0 Å². The molecule has 1 aromatic heterocycles. The summed E-state index contributed by atoms with van der Waals surface area (Å²) in [5.74, 6) is -1.34. The molecule has 4 aromatic rings. The van der Waals surface area contributed by atoms with Gasteiger partial charge in [-0.2, -0.15) is 0 Å². The summed E-state index contributed by atoms with van der Waals surface area (Å²) < 4.78 is 20.7. The Bertz CT molecular complexity index is 1610. The number of hydrogen-bond acceptors (Lipinski definition) is 5. The standard InChI is InChI=1S/C28H25FN2O4/c1-16-9-10-18(11-19(16)15-31(3)4)26-14-25(32)23-13-20(29)12-22(27(23)35-26)17(2)30-24-8-6-5-7-21(24)28(33)34/h5-15,17,30H,1H2,2-4H3,(H,33,34)/b19-15-. The monoisotopic (exact) mass is 472 g/mol. The van der Waals surface area contributed by atoms with Crippen LogP contribution < -0.4 is 21.2 Å². The van der Waals surface area contributed by atoms with E-state index < -0.39 is 17.8 Å². The smallest absolute Gasteiger partial charge is 0.337 e. The highest BCUT2D eigenvalue weighted by atomic mass is 19.1. The molecule has 4 rings (SSSR count). The van der Waals surface area contributed by atoms with E-state index in [-0.39, 0.29) is 22.0 Å². The van der Waals surface area contributed by atoms with E-state index in [9.17, 15) is 19.1 Å². The first kappa shape index (κ1) is 23.8. The van der Waals surface area contributed by atoms with Crippen LogP contribution in [0.1, 0.15) is 28.9 Å². The number of carbonyl (C=O) groups is 1. The fourth-order valence-corrected chi connectivity index (χ4v) is 3.96. The van der Waals surface area contributed by atoms with Crippen LogP contribution in [0.25, 0.3) is 35.1 Å². The normalized spacial score (nSPS) is 12.5. The molecule has 35 heavy (non-hydrogen) atoms. The van der Waals surface area contributed by atoms with Crippen LogP contribution in [0, 0.1) is 5.82 Å². The van der Waals surface area contributed by atoms with Crippen molar-refractivity contribution in [3.63, 3.8) is 0 Å². The van der Waals surface area contributed by atoms with Gasteiger partial charge in [0.1, 0.15) is 17.2 Å². The Morgan fingerprint density at radius 2 is 1.89 bits per heavy atom. The number of carboxylic acids is 1. The maximum absolute atomic E-state index is 14.5. The van der Waals surface area contributed by atoms with Gasteiger partial charge in [0.2, 0.25) is 0 Å². The van der Waals surface area contributed by atoms with Gasteiger partial charge in [-0.05, 0) is 47.7 Å². The van der Waals surface area contributed by atoms with Gasteiger partial charge in [0.15, 0.2) is 5.43 Å². The number of hydrogen-bond donors (Lipinski definition) is 2. The number of fused-ring (bicyclic) bond motifs is 1. The first-order valence-corrected chi connectivity index (χ1v) is 11.0. The molecule has 0 spiro atoms. The SMILES string of the molecule is C=c1ccc(-c2cc(=O)c3cc(F)cc(C(C)Nc4ccccc4C(=O)O)c3o2)c/c1=C/N(C)C. The third-order valence-corrected chi connectivity index (χ3v) is 5.65. The number of nitrogens with zero attached hydrogens (tertiary/aromatic N) is 1. The lowest BCUT2D eigenvalue weighted by atomic mass is 10.0. The van der Waals surface area contributed by atoms with Crippen molar-refractivity contribution in [1.82, 2.24) is 4.90 Å². The number of para-hydroxylation sites is 1. The Hall–Kier alpha value is -4.39. The van der Waals surface area contributed by atoms with Crippen LogP contribution in [0.4, 0.5) is 10.1 Å². The molecule has 0 aliphatic rings. The van der Waals surface area contributed by atoms with Crippen LogP contribution in [0.3, 0.4) is 0 Å². The summed E-state index contributed by atoms with van der Waals surface area (Å²) in [6, 6.07) is 15.2. The van der Waals surface area contributed by atoms with E-state index in [0.29, 0.717) is 22.6 Å². The van der Waals surface area contributed by atoms with Gasteiger partial charge in [0, 0.05) is 43.2 Å². The molecule has 0 saturated heterocycles. The van der Waals surface area contributed by atoms with Crippen molar-refractivity contribution in [2.45, 2.75) is 13.0 Å². The Kier molecular flexibility index (Phi) is 6.42. The van der Waals surface area contributed by atoms with Gasteiger partial charge >= 0.3 is 5.97 Å². The molecule has 1 heterocycles. The molecule has 7 heteroatoms. The summed E-state index contributed by atoms with van der Waals surface area (Å²) in [4.78, 5) is 26.5. The van der Waals surface area contributed by atoms with E-state index in [0.717, 1.165) is 16.5 Å². The molecule has 0 aliphatic heterocycles. The maximum Gasteiger partial charge on any atom is 0.337 e. The second-order valence-electron chi connectivity index (χ2n) is 8.57. The van der Waals surface area contributed by atoms with Crippen molar-refractivity contribution in [3.8, 4) is 11.3 Å². The van der Waals surface area contributed by atoms with Gasteiger partial charge in [0.25, 0.3) is 0 Å². The maximum atomic E-state index is 14.5. The average Bonchev–Trinajstić information content (AvgIpc) is 2.80. The minimum Gasteiger partial charge on any atom is -0.478 e. The molecule has 0 aliphatic carbocycles. The van der Waals surface area contributed by atoms with E-state index >= 15 is 0 Å². The quantitative estimate of drug-likeness (QED) is 0.438. The topological polar surface area (TPSA) is 82.8 Å². The molecule has 0 radical (unpaired) electrons. The van der Waals surface area contributed by atoms with Gasteiger partial charge in [-0.1, -0.05) is 30.8 Å². The van der Waals surface area contributed by atoms with Crippen LogP contribution in [0.2, 0.25) is 0 Å². The van der Waals surface area contributed by atoms with E-state index in [1.807, 2.05) is 43.4 Å². The lowest BCUT2D eigenvalue weighted by molar-refractivity contribution is 0.0698.